The lowest BCUT2D eigenvalue weighted by molar-refractivity contribution is 0.0964. The second kappa shape index (κ2) is 10.5. The Kier molecular flexibility index (Phi) is 6.98. The van der Waals surface area contributed by atoms with E-state index in [2.05, 4.69) is 15.0 Å². The molecule has 3 aromatic carbocycles. The summed E-state index contributed by atoms with van der Waals surface area (Å²) in [5.74, 6) is -1.06. The lowest BCUT2D eigenvalue weighted by Crippen LogP contribution is -2.20. The first-order valence-electron chi connectivity index (χ1n) is 13.4. The molecule has 1 aliphatic heterocycles. The fourth-order valence-corrected chi connectivity index (χ4v) is 6.22. The van der Waals surface area contributed by atoms with E-state index in [0.717, 1.165) is 0 Å². The molecule has 1 aliphatic rings. The van der Waals surface area contributed by atoms with Gasteiger partial charge in [-0.05, 0) is 68.4 Å². The van der Waals surface area contributed by atoms with Crippen LogP contribution >= 0.6 is 0 Å². The van der Waals surface area contributed by atoms with E-state index in [9.17, 15) is 22.0 Å². The van der Waals surface area contributed by atoms with Gasteiger partial charge in [0.1, 0.15) is 22.7 Å². The summed E-state index contributed by atoms with van der Waals surface area (Å²) in [6, 6.07) is 13.2. The van der Waals surface area contributed by atoms with Crippen LogP contribution < -0.4 is 10.0 Å². The molecule has 2 N–H and O–H groups in total. The number of nitrogens with zero attached hydrogens (tertiary/aromatic N) is 2. The number of furan rings is 1. The van der Waals surface area contributed by atoms with Gasteiger partial charge in [0.05, 0.1) is 23.0 Å². The lowest BCUT2D eigenvalue weighted by atomic mass is 9.92. The number of hydrogen-bond acceptors (Lipinski definition) is 7. The van der Waals surface area contributed by atoms with Crippen molar-refractivity contribution in [3.8, 4) is 11.3 Å². The smallest absolute Gasteiger partial charge is 0.255 e. The fraction of sp³-hybridized carbons (Fsp3) is 0.267. The van der Waals surface area contributed by atoms with E-state index in [-0.39, 0.29) is 34.6 Å². The molecule has 1 amide bonds. The quantitative estimate of drug-likeness (QED) is 0.245. The molecule has 0 spiro atoms. The first-order chi connectivity index (χ1) is 20.1. The van der Waals surface area contributed by atoms with Crippen LogP contribution in [0, 0.1) is 11.6 Å². The van der Waals surface area contributed by atoms with Crippen LogP contribution in [0.1, 0.15) is 47.1 Å². The number of fused-ring (bicyclic) bond motifs is 2. The van der Waals surface area contributed by atoms with Crippen LogP contribution in [0.5, 0.6) is 0 Å². The Bertz CT molecular complexity index is 1930. The van der Waals surface area contributed by atoms with Gasteiger partial charge in [0, 0.05) is 36.5 Å². The van der Waals surface area contributed by atoms with Gasteiger partial charge in [0.15, 0.2) is 11.4 Å². The topological polar surface area (TPSA) is 118 Å². The third-order valence-electron chi connectivity index (χ3n) is 7.73. The molecule has 9 nitrogen and oxygen atoms in total. The largest absolute Gasteiger partial charge is 0.455 e. The Morgan fingerprint density at radius 1 is 1.10 bits per heavy atom. The molecular formula is C30H28F2N4O5S. The number of aromatic nitrogens is 1. The predicted molar refractivity (Wildman–Crippen MR) is 155 cm³/mol. The molecule has 5 aromatic rings. The molecule has 1 fully saturated rings. The first kappa shape index (κ1) is 27.9. The minimum absolute atomic E-state index is 0.144. The van der Waals surface area contributed by atoms with E-state index in [1.807, 2.05) is 11.9 Å². The predicted octanol–water partition coefficient (Wildman–Crippen LogP) is 5.80. The number of carbonyl (C=O) groups excluding carboxylic acids is 1. The van der Waals surface area contributed by atoms with Gasteiger partial charge in [-0.3, -0.25) is 14.4 Å². The zero-order valence-corrected chi connectivity index (χ0v) is 23.9. The van der Waals surface area contributed by atoms with Crippen LogP contribution in [0.4, 0.5) is 14.5 Å². The molecular weight excluding hydrogens is 566 g/mol. The highest BCUT2D eigenvalue weighted by atomic mass is 32.2. The van der Waals surface area contributed by atoms with Crippen LogP contribution in [0.2, 0.25) is 0 Å². The molecule has 0 saturated carbocycles. The molecule has 1 unspecified atom stereocenters. The monoisotopic (exact) mass is 594 g/mol. The van der Waals surface area contributed by atoms with Crippen LogP contribution in [0.25, 0.3) is 33.4 Å². The third kappa shape index (κ3) is 4.90. The number of benzene rings is 3. The molecule has 0 radical (unpaired) electrons. The lowest BCUT2D eigenvalue weighted by Gasteiger charge is -2.17. The minimum Gasteiger partial charge on any atom is -0.455 e. The van der Waals surface area contributed by atoms with Gasteiger partial charge in [0.2, 0.25) is 15.9 Å². The van der Waals surface area contributed by atoms with Crippen molar-refractivity contribution in [3.63, 3.8) is 0 Å². The second-order valence-corrected chi connectivity index (χ2v) is 12.4. The molecule has 42 heavy (non-hydrogen) atoms. The van der Waals surface area contributed by atoms with E-state index in [1.54, 1.807) is 24.3 Å². The highest BCUT2D eigenvalue weighted by molar-refractivity contribution is 7.92. The molecule has 12 heteroatoms. The normalized spacial score (nSPS) is 17.7. The minimum atomic E-state index is -3.67. The summed E-state index contributed by atoms with van der Waals surface area (Å²) in [6.07, 6.45) is 0.495. The maximum absolute atomic E-state index is 14.3. The van der Waals surface area contributed by atoms with Gasteiger partial charge in [0.25, 0.3) is 5.91 Å². The molecule has 0 bridgehead atoms. The van der Waals surface area contributed by atoms with Crippen molar-refractivity contribution in [2.45, 2.75) is 25.3 Å². The van der Waals surface area contributed by atoms with Crippen molar-refractivity contribution in [1.29, 1.82) is 0 Å². The molecule has 6 rings (SSSR count). The van der Waals surface area contributed by atoms with Crippen molar-refractivity contribution in [3.05, 3.63) is 83.2 Å². The van der Waals surface area contributed by atoms with E-state index in [1.165, 1.54) is 44.3 Å². The SMILES string of the molecule is CCS(=O)(=O)Nc1cc2oc(-c3ccc(F)cc3)c(C(=O)NC)c2cc1C1C[C@@H](c2nc3c(F)cccc3o2)N(C)C1. The Morgan fingerprint density at radius 3 is 2.55 bits per heavy atom. The number of amides is 1. The van der Waals surface area contributed by atoms with E-state index in [4.69, 9.17) is 8.83 Å². The summed E-state index contributed by atoms with van der Waals surface area (Å²) < 4.78 is 68.1. The number of sulfonamides is 1. The van der Waals surface area contributed by atoms with Crippen LogP contribution in [0.3, 0.4) is 0 Å². The highest BCUT2D eigenvalue weighted by Crippen LogP contribution is 2.45. The Morgan fingerprint density at radius 2 is 1.86 bits per heavy atom. The average molecular weight is 595 g/mol. The Labute approximate surface area is 240 Å². The number of oxazole rings is 1. The summed E-state index contributed by atoms with van der Waals surface area (Å²) in [5.41, 5.74) is 2.53. The standard InChI is InChI=1S/C30H28F2N4O5S/c1-4-42(38,39)35-22-14-25-20(26(29(37)33-2)28(40-25)16-8-10-18(31)11-9-16)13-19(22)17-12-23(36(3)15-17)30-34-27-21(32)6-5-7-24(27)41-30/h5-11,13-14,17,23,35H,4,12,15H2,1-3H3,(H,33,37)/t17?,23-/m0/s1. The first-order valence-corrected chi connectivity index (χ1v) is 15.1. The van der Waals surface area contributed by atoms with E-state index < -0.39 is 27.6 Å². The third-order valence-corrected chi connectivity index (χ3v) is 9.02. The van der Waals surface area contributed by atoms with Crippen molar-refractivity contribution < 1.29 is 30.8 Å². The molecule has 2 aromatic heterocycles. The zero-order chi connectivity index (χ0) is 29.8. The van der Waals surface area contributed by atoms with Crippen molar-refractivity contribution in [2.75, 3.05) is 31.1 Å². The number of likely N-dealkylation sites (N-methyl/N-ethyl adjacent to an activating group) is 1. The van der Waals surface area contributed by atoms with Crippen molar-refractivity contribution >= 4 is 43.7 Å². The maximum Gasteiger partial charge on any atom is 0.255 e. The zero-order valence-electron chi connectivity index (χ0n) is 23.1. The maximum atomic E-state index is 14.3. The number of likely N-dealkylation sites (tertiary alicyclic amines) is 1. The number of rotatable bonds is 7. The second-order valence-electron chi connectivity index (χ2n) is 10.4. The van der Waals surface area contributed by atoms with Crippen molar-refractivity contribution in [1.82, 2.24) is 15.2 Å². The van der Waals surface area contributed by atoms with Gasteiger partial charge in [-0.25, -0.2) is 22.2 Å². The Balaban J connectivity index is 1.49. The molecule has 3 heterocycles. The Hall–Kier alpha value is -4.29. The van der Waals surface area contributed by atoms with E-state index in [0.29, 0.717) is 52.2 Å². The molecule has 1 saturated heterocycles. The molecule has 0 aliphatic carbocycles. The van der Waals surface area contributed by atoms with Crippen LogP contribution in [0.15, 0.2) is 63.4 Å². The summed E-state index contributed by atoms with van der Waals surface area (Å²) in [5, 5.41) is 3.13. The van der Waals surface area contributed by atoms with Gasteiger partial charge < -0.3 is 14.2 Å². The van der Waals surface area contributed by atoms with Gasteiger partial charge >= 0.3 is 0 Å². The number of halogens is 2. The van der Waals surface area contributed by atoms with Crippen LogP contribution in [-0.4, -0.2) is 50.6 Å². The summed E-state index contributed by atoms with van der Waals surface area (Å²) in [4.78, 5) is 19.6. The number of para-hydroxylation sites is 1. The number of anilines is 1. The van der Waals surface area contributed by atoms with Crippen LogP contribution in [-0.2, 0) is 10.0 Å². The summed E-state index contributed by atoms with van der Waals surface area (Å²) >= 11 is 0. The van der Waals surface area contributed by atoms with Crippen molar-refractivity contribution in [2.24, 2.45) is 0 Å². The number of nitrogens with one attached hydrogen (secondary N) is 2. The molecule has 218 valence electrons. The number of carbonyl (C=O) groups is 1. The molecule has 2 atom stereocenters. The summed E-state index contributed by atoms with van der Waals surface area (Å²) in [7, 11) is -0.281. The average Bonchev–Trinajstić information content (AvgIpc) is 3.67. The highest BCUT2D eigenvalue weighted by Gasteiger charge is 2.37. The van der Waals surface area contributed by atoms with E-state index >= 15 is 0 Å². The number of hydrogen-bond donors (Lipinski definition) is 2. The van der Waals surface area contributed by atoms with Gasteiger partial charge in [-0.1, -0.05) is 6.07 Å². The summed E-state index contributed by atoms with van der Waals surface area (Å²) in [6.45, 7) is 2.05. The van der Waals surface area contributed by atoms with Gasteiger partial charge in [-0.15, -0.1) is 0 Å². The fourth-order valence-electron chi connectivity index (χ4n) is 5.57. The van der Waals surface area contributed by atoms with Gasteiger partial charge in [-0.2, -0.15) is 0 Å².